The van der Waals surface area contributed by atoms with Gasteiger partial charge in [-0.05, 0) is 37.6 Å². The van der Waals surface area contributed by atoms with Gasteiger partial charge in [-0.3, -0.25) is 0 Å². The van der Waals surface area contributed by atoms with E-state index >= 15 is 0 Å². The molecule has 1 N–H and O–H groups in total. The highest BCUT2D eigenvalue weighted by molar-refractivity contribution is 6.32. The number of hydrogen-bond acceptors (Lipinski definition) is 2. The lowest BCUT2D eigenvalue weighted by atomic mass is 10.2. The zero-order chi connectivity index (χ0) is 14.4. The molecule has 0 aliphatic rings. The van der Waals surface area contributed by atoms with Crippen molar-refractivity contribution in [3.8, 4) is 11.5 Å². The summed E-state index contributed by atoms with van der Waals surface area (Å²) in [6, 6.07) is 13.8. The molecule has 0 amide bonds. The summed E-state index contributed by atoms with van der Waals surface area (Å²) in [5.74, 6) is 1.59. The topological polar surface area (TPSA) is 21.3 Å². The molecule has 0 atom stereocenters. The zero-order valence-electron chi connectivity index (χ0n) is 11.9. The van der Waals surface area contributed by atoms with Crippen LogP contribution in [0.3, 0.4) is 0 Å². The fraction of sp³-hybridized carbons (Fsp3) is 0.294. The molecular weight excluding hydrogens is 270 g/mol. The van der Waals surface area contributed by atoms with Crippen LogP contribution >= 0.6 is 11.6 Å². The molecule has 0 spiro atoms. The first-order chi connectivity index (χ1) is 9.72. The molecule has 0 unspecified atom stereocenters. The van der Waals surface area contributed by atoms with Crippen molar-refractivity contribution in [2.45, 2.75) is 26.8 Å². The molecule has 0 heterocycles. The maximum atomic E-state index is 6.29. The first-order valence-electron chi connectivity index (χ1n) is 6.94. The molecule has 0 saturated heterocycles. The van der Waals surface area contributed by atoms with Crippen LogP contribution in [0.2, 0.25) is 5.02 Å². The second-order valence-corrected chi connectivity index (χ2v) is 5.18. The van der Waals surface area contributed by atoms with Gasteiger partial charge in [0.1, 0.15) is 5.75 Å². The Hall–Kier alpha value is -1.51. The molecule has 2 aromatic carbocycles. The van der Waals surface area contributed by atoms with E-state index in [0.717, 1.165) is 42.1 Å². The molecule has 0 fully saturated rings. The number of halogens is 1. The third-order valence-corrected chi connectivity index (χ3v) is 3.39. The minimum atomic E-state index is 0.643. The lowest BCUT2D eigenvalue weighted by Gasteiger charge is -2.14. The van der Waals surface area contributed by atoms with Crippen molar-refractivity contribution in [3.05, 3.63) is 58.6 Å². The Morgan fingerprint density at radius 3 is 2.65 bits per heavy atom. The highest BCUT2D eigenvalue weighted by Crippen LogP contribution is 2.34. The number of rotatable bonds is 6. The van der Waals surface area contributed by atoms with Gasteiger partial charge in [0, 0.05) is 12.1 Å². The van der Waals surface area contributed by atoms with Gasteiger partial charge in [0.05, 0.1) is 5.02 Å². The van der Waals surface area contributed by atoms with Gasteiger partial charge in [-0.2, -0.15) is 0 Å². The van der Waals surface area contributed by atoms with Crippen LogP contribution in [0, 0.1) is 6.92 Å². The first kappa shape index (κ1) is 14.9. The third kappa shape index (κ3) is 3.75. The highest BCUT2D eigenvalue weighted by Gasteiger charge is 2.10. The van der Waals surface area contributed by atoms with Crippen molar-refractivity contribution in [1.82, 2.24) is 5.32 Å². The van der Waals surface area contributed by atoms with E-state index in [1.54, 1.807) is 0 Å². The summed E-state index contributed by atoms with van der Waals surface area (Å²) >= 11 is 6.29. The predicted octanol–water partition coefficient (Wildman–Crippen LogP) is 4.94. The number of nitrogens with one attached hydrogen (secondary N) is 1. The smallest absolute Gasteiger partial charge is 0.150 e. The SMILES string of the molecule is CCCNCc1cccc(Cl)c1Oc1ccccc1C. The van der Waals surface area contributed by atoms with Gasteiger partial charge in [0.2, 0.25) is 0 Å². The van der Waals surface area contributed by atoms with E-state index in [-0.39, 0.29) is 0 Å². The Balaban J connectivity index is 2.23. The Morgan fingerprint density at radius 2 is 1.90 bits per heavy atom. The molecule has 20 heavy (non-hydrogen) atoms. The van der Waals surface area contributed by atoms with Gasteiger partial charge >= 0.3 is 0 Å². The Kier molecular flexibility index (Phi) is 5.45. The van der Waals surface area contributed by atoms with E-state index in [9.17, 15) is 0 Å². The van der Waals surface area contributed by atoms with Crippen molar-refractivity contribution in [2.24, 2.45) is 0 Å². The third-order valence-electron chi connectivity index (χ3n) is 3.10. The maximum absolute atomic E-state index is 6.29. The van der Waals surface area contributed by atoms with Crippen LogP contribution < -0.4 is 10.1 Å². The maximum Gasteiger partial charge on any atom is 0.150 e. The molecule has 0 aliphatic heterocycles. The fourth-order valence-electron chi connectivity index (χ4n) is 1.99. The van der Waals surface area contributed by atoms with E-state index in [2.05, 4.69) is 12.2 Å². The summed E-state index contributed by atoms with van der Waals surface area (Å²) in [6.45, 7) is 5.92. The number of para-hydroxylation sites is 2. The molecule has 0 radical (unpaired) electrons. The van der Waals surface area contributed by atoms with E-state index in [1.165, 1.54) is 0 Å². The summed E-state index contributed by atoms with van der Waals surface area (Å²) in [5.41, 5.74) is 2.18. The second kappa shape index (κ2) is 7.32. The van der Waals surface area contributed by atoms with Gasteiger partial charge < -0.3 is 10.1 Å². The largest absolute Gasteiger partial charge is 0.455 e. The minimum Gasteiger partial charge on any atom is -0.455 e. The summed E-state index contributed by atoms with van der Waals surface area (Å²) in [4.78, 5) is 0. The van der Waals surface area contributed by atoms with Crippen LogP contribution in [-0.2, 0) is 6.54 Å². The van der Waals surface area contributed by atoms with Crippen molar-refractivity contribution in [2.75, 3.05) is 6.54 Å². The fourth-order valence-corrected chi connectivity index (χ4v) is 2.22. The van der Waals surface area contributed by atoms with E-state index in [4.69, 9.17) is 16.3 Å². The summed E-state index contributed by atoms with van der Waals surface area (Å²) in [6.07, 6.45) is 1.11. The Bertz CT molecular complexity index is 569. The van der Waals surface area contributed by atoms with Gasteiger partial charge in [-0.15, -0.1) is 0 Å². The lowest BCUT2D eigenvalue weighted by Crippen LogP contribution is -2.14. The zero-order valence-corrected chi connectivity index (χ0v) is 12.7. The molecule has 2 rings (SSSR count). The monoisotopic (exact) mass is 289 g/mol. The van der Waals surface area contributed by atoms with E-state index in [1.807, 2.05) is 49.4 Å². The molecule has 0 bridgehead atoms. The summed E-state index contributed by atoms with van der Waals surface area (Å²) in [7, 11) is 0. The van der Waals surface area contributed by atoms with Gasteiger partial charge in [-0.25, -0.2) is 0 Å². The van der Waals surface area contributed by atoms with E-state index in [0.29, 0.717) is 5.02 Å². The van der Waals surface area contributed by atoms with Crippen LogP contribution in [0.5, 0.6) is 11.5 Å². The first-order valence-corrected chi connectivity index (χ1v) is 7.31. The van der Waals surface area contributed by atoms with Crippen LogP contribution in [0.4, 0.5) is 0 Å². The molecule has 2 nitrogen and oxygen atoms in total. The number of ether oxygens (including phenoxy) is 1. The van der Waals surface area contributed by atoms with Crippen LogP contribution in [0.1, 0.15) is 24.5 Å². The summed E-state index contributed by atoms with van der Waals surface area (Å²) < 4.78 is 6.03. The summed E-state index contributed by atoms with van der Waals surface area (Å²) in [5, 5.41) is 4.02. The molecule has 0 aliphatic carbocycles. The van der Waals surface area contributed by atoms with Gasteiger partial charge in [-0.1, -0.05) is 48.9 Å². The predicted molar refractivity (Wildman–Crippen MR) is 84.7 cm³/mol. The quantitative estimate of drug-likeness (QED) is 0.761. The standard InChI is InChI=1S/C17H20ClNO/c1-3-11-19-12-14-8-6-9-15(18)17(14)20-16-10-5-4-7-13(16)2/h4-10,19H,3,11-12H2,1-2H3. The van der Waals surface area contributed by atoms with Crippen molar-refractivity contribution in [3.63, 3.8) is 0 Å². The van der Waals surface area contributed by atoms with Crippen LogP contribution in [0.25, 0.3) is 0 Å². The number of benzene rings is 2. The average molecular weight is 290 g/mol. The second-order valence-electron chi connectivity index (χ2n) is 4.77. The average Bonchev–Trinajstić information content (AvgIpc) is 2.44. The normalized spacial score (nSPS) is 10.6. The molecule has 106 valence electrons. The number of aryl methyl sites for hydroxylation is 1. The lowest BCUT2D eigenvalue weighted by molar-refractivity contribution is 0.469. The molecular formula is C17H20ClNO. The molecule has 3 heteroatoms. The number of hydrogen-bond donors (Lipinski definition) is 1. The Labute approximate surface area is 125 Å². The van der Waals surface area contributed by atoms with Crippen LogP contribution in [-0.4, -0.2) is 6.54 Å². The Morgan fingerprint density at radius 1 is 1.10 bits per heavy atom. The van der Waals surface area contributed by atoms with Crippen molar-refractivity contribution in [1.29, 1.82) is 0 Å². The highest BCUT2D eigenvalue weighted by atomic mass is 35.5. The molecule has 0 aromatic heterocycles. The minimum absolute atomic E-state index is 0.643. The van der Waals surface area contributed by atoms with Crippen molar-refractivity contribution < 1.29 is 4.74 Å². The van der Waals surface area contributed by atoms with Gasteiger partial charge in [0.15, 0.2) is 5.75 Å². The molecule has 0 saturated carbocycles. The van der Waals surface area contributed by atoms with Gasteiger partial charge in [0.25, 0.3) is 0 Å². The van der Waals surface area contributed by atoms with E-state index < -0.39 is 0 Å². The van der Waals surface area contributed by atoms with Crippen LogP contribution in [0.15, 0.2) is 42.5 Å². The molecule has 2 aromatic rings. The van der Waals surface area contributed by atoms with Crippen molar-refractivity contribution >= 4 is 11.6 Å².